The van der Waals surface area contributed by atoms with E-state index in [0.717, 1.165) is 31.6 Å². The minimum absolute atomic E-state index is 0.0924. The highest BCUT2D eigenvalue weighted by atomic mass is 16.5. The number of aliphatic imine (C=N–C) groups is 1. The fourth-order valence-corrected chi connectivity index (χ4v) is 3.14. The van der Waals surface area contributed by atoms with Crippen molar-refractivity contribution >= 4 is 5.90 Å². The van der Waals surface area contributed by atoms with E-state index in [2.05, 4.69) is 43.1 Å². The van der Waals surface area contributed by atoms with Crippen molar-refractivity contribution in [1.29, 1.82) is 0 Å². The molecule has 3 heteroatoms. The third-order valence-corrected chi connectivity index (χ3v) is 5.16. The van der Waals surface area contributed by atoms with Crippen LogP contribution in [0.4, 0.5) is 0 Å². The Balaban J connectivity index is 1.91. The first kappa shape index (κ1) is 23.0. The average Bonchev–Trinajstić information content (AvgIpc) is 3.09. The molecule has 0 aromatic carbocycles. The minimum Gasteiger partial charge on any atom is -0.478 e. The van der Waals surface area contributed by atoms with Gasteiger partial charge in [0.05, 0.1) is 6.61 Å². The van der Waals surface area contributed by atoms with Gasteiger partial charge in [-0.25, -0.2) is 4.99 Å². The topological polar surface area (TPSA) is 41.8 Å². The molecular formula is C23H41NO2. The zero-order valence-corrected chi connectivity index (χ0v) is 17.2. The Kier molecular flexibility index (Phi) is 13.3. The fraction of sp³-hybridized carbons (Fsp3) is 0.783. The van der Waals surface area contributed by atoms with Crippen LogP contribution < -0.4 is 0 Å². The molecule has 0 unspecified atom stereocenters. The van der Waals surface area contributed by atoms with Crippen molar-refractivity contribution in [3.8, 4) is 0 Å². The lowest BCUT2D eigenvalue weighted by molar-refractivity contribution is 0.153. The largest absolute Gasteiger partial charge is 0.478 e. The Hall–Kier alpha value is -1.09. The summed E-state index contributed by atoms with van der Waals surface area (Å²) in [6.07, 6.45) is 24.8. The number of aliphatic hydroxyl groups is 1. The smallest absolute Gasteiger partial charge is 0.184 e. The Morgan fingerprint density at radius 3 is 2.19 bits per heavy atom. The number of nitrogens with zero attached hydrogens (tertiary/aromatic N) is 1. The third kappa shape index (κ3) is 10.2. The van der Waals surface area contributed by atoms with Gasteiger partial charge >= 0.3 is 0 Å². The highest BCUT2D eigenvalue weighted by molar-refractivity contribution is 5.78. The second kappa shape index (κ2) is 15.0. The first-order chi connectivity index (χ1) is 12.8. The second-order valence-electron chi connectivity index (χ2n) is 7.51. The molecule has 0 bridgehead atoms. The van der Waals surface area contributed by atoms with Crippen LogP contribution in [-0.2, 0) is 4.74 Å². The summed E-state index contributed by atoms with van der Waals surface area (Å²) in [6, 6.07) is 0. The van der Waals surface area contributed by atoms with Crippen LogP contribution in [0, 0.1) is 0 Å². The molecule has 0 radical (unpaired) electrons. The highest BCUT2D eigenvalue weighted by Crippen LogP contribution is 2.24. The normalized spacial score (nSPS) is 20.2. The summed E-state index contributed by atoms with van der Waals surface area (Å²) in [5.74, 6) is 0.853. The first-order valence-electron chi connectivity index (χ1n) is 10.9. The first-order valence-corrected chi connectivity index (χ1v) is 10.9. The van der Waals surface area contributed by atoms with Crippen LogP contribution >= 0.6 is 0 Å². The van der Waals surface area contributed by atoms with Gasteiger partial charge in [-0.3, -0.25) is 0 Å². The van der Waals surface area contributed by atoms with Crippen molar-refractivity contribution in [2.75, 3.05) is 13.2 Å². The van der Waals surface area contributed by atoms with E-state index >= 15 is 0 Å². The van der Waals surface area contributed by atoms with Gasteiger partial charge in [0.15, 0.2) is 5.90 Å². The number of rotatable bonds is 16. The van der Waals surface area contributed by atoms with Gasteiger partial charge < -0.3 is 9.84 Å². The maximum Gasteiger partial charge on any atom is 0.184 e. The van der Waals surface area contributed by atoms with Crippen molar-refractivity contribution in [1.82, 2.24) is 0 Å². The van der Waals surface area contributed by atoms with Crippen molar-refractivity contribution < 1.29 is 9.84 Å². The number of ether oxygens (including phenoxy) is 1. The van der Waals surface area contributed by atoms with Gasteiger partial charge in [-0.1, -0.05) is 70.3 Å². The second-order valence-corrected chi connectivity index (χ2v) is 7.51. The summed E-state index contributed by atoms with van der Waals surface area (Å²) in [7, 11) is 0. The maximum atomic E-state index is 9.44. The molecule has 0 spiro atoms. The number of hydrogen-bond donors (Lipinski definition) is 1. The number of allylic oxidation sites excluding steroid dienone is 4. The van der Waals surface area contributed by atoms with Crippen LogP contribution in [0.5, 0.6) is 0 Å². The Labute approximate surface area is 161 Å². The van der Waals surface area contributed by atoms with Crippen molar-refractivity contribution in [3.63, 3.8) is 0 Å². The van der Waals surface area contributed by atoms with Gasteiger partial charge in [-0.15, -0.1) is 0 Å². The summed E-state index contributed by atoms with van der Waals surface area (Å²) in [5, 5.41) is 9.44. The molecular weight excluding hydrogens is 322 g/mol. The predicted molar refractivity (Wildman–Crippen MR) is 113 cm³/mol. The van der Waals surface area contributed by atoms with E-state index in [1.807, 2.05) is 0 Å². The van der Waals surface area contributed by atoms with E-state index < -0.39 is 0 Å². The molecule has 1 aliphatic rings. The van der Waals surface area contributed by atoms with Crippen molar-refractivity contribution in [2.45, 2.75) is 103 Å². The molecule has 1 rings (SSSR count). The highest BCUT2D eigenvalue weighted by Gasteiger charge is 2.33. The van der Waals surface area contributed by atoms with Crippen molar-refractivity contribution in [3.05, 3.63) is 24.3 Å². The van der Waals surface area contributed by atoms with E-state index in [4.69, 9.17) is 4.74 Å². The Morgan fingerprint density at radius 2 is 1.58 bits per heavy atom. The lowest BCUT2D eigenvalue weighted by atomic mass is 10.0. The molecule has 26 heavy (non-hydrogen) atoms. The SMILES string of the molecule is CCCCC/C=C\C/C=C/CCCCCCCC1=N[C@@](CC)(CO)CO1. The van der Waals surface area contributed by atoms with Gasteiger partial charge in [0.1, 0.15) is 12.1 Å². The average molecular weight is 364 g/mol. The van der Waals surface area contributed by atoms with Gasteiger partial charge in [0, 0.05) is 6.42 Å². The Bertz CT molecular complexity index is 422. The summed E-state index contributed by atoms with van der Waals surface area (Å²) >= 11 is 0. The Morgan fingerprint density at radius 1 is 0.923 bits per heavy atom. The van der Waals surface area contributed by atoms with E-state index in [1.165, 1.54) is 57.8 Å². The van der Waals surface area contributed by atoms with E-state index in [-0.39, 0.29) is 12.1 Å². The van der Waals surface area contributed by atoms with Crippen LogP contribution in [0.3, 0.4) is 0 Å². The summed E-state index contributed by atoms with van der Waals surface area (Å²) in [6.45, 7) is 4.95. The monoisotopic (exact) mass is 363 g/mol. The molecule has 0 saturated carbocycles. The minimum atomic E-state index is -0.355. The number of hydrogen-bond acceptors (Lipinski definition) is 3. The van der Waals surface area contributed by atoms with Crippen LogP contribution in [0.1, 0.15) is 97.3 Å². The summed E-state index contributed by atoms with van der Waals surface area (Å²) in [5.41, 5.74) is -0.355. The lowest BCUT2D eigenvalue weighted by Crippen LogP contribution is -2.31. The summed E-state index contributed by atoms with van der Waals surface area (Å²) < 4.78 is 5.65. The van der Waals surface area contributed by atoms with Gasteiger partial charge in [-0.2, -0.15) is 0 Å². The molecule has 0 aliphatic carbocycles. The van der Waals surface area contributed by atoms with E-state index in [1.54, 1.807) is 0 Å². The molecule has 0 saturated heterocycles. The zero-order chi connectivity index (χ0) is 18.9. The molecule has 150 valence electrons. The molecule has 1 aliphatic heterocycles. The maximum absolute atomic E-state index is 9.44. The van der Waals surface area contributed by atoms with Crippen LogP contribution in [-0.4, -0.2) is 29.8 Å². The summed E-state index contributed by atoms with van der Waals surface area (Å²) in [4.78, 5) is 4.59. The lowest BCUT2D eigenvalue weighted by Gasteiger charge is -2.17. The van der Waals surface area contributed by atoms with E-state index in [9.17, 15) is 5.11 Å². The molecule has 0 aromatic heterocycles. The molecule has 3 nitrogen and oxygen atoms in total. The predicted octanol–water partition coefficient (Wildman–Crippen LogP) is 6.37. The zero-order valence-electron chi connectivity index (χ0n) is 17.2. The third-order valence-electron chi connectivity index (χ3n) is 5.16. The van der Waals surface area contributed by atoms with Crippen molar-refractivity contribution in [2.24, 2.45) is 4.99 Å². The molecule has 1 heterocycles. The van der Waals surface area contributed by atoms with Gasteiger partial charge in [0.2, 0.25) is 0 Å². The molecule has 1 N–H and O–H groups in total. The quantitative estimate of drug-likeness (QED) is 0.256. The fourth-order valence-electron chi connectivity index (χ4n) is 3.14. The van der Waals surface area contributed by atoms with Gasteiger partial charge in [0.25, 0.3) is 0 Å². The van der Waals surface area contributed by atoms with Crippen LogP contribution in [0.2, 0.25) is 0 Å². The van der Waals surface area contributed by atoms with Gasteiger partial charge in [-0.05, 0) is 44.9 Å². The van der Waals surface area contributed by atoms with E-state index in [0.29, 0.717) is 6.61 Å². The number of unbranched alkanes of at least 4 members (excludes halogenated alkanes) is 8. The number of aliphatic hydroxyl groups excluding tert-OH is 1. The molecule has 0 fully saturated rings. The molecule has 1 atom stereocenters. The molecule has 0 aromatic rings. The standard InChI is InChI=1S/C23H41NO2/c1-3-5-6-7-8-9-10-11-12-13-14-15-16-17-18-19-22-24-23(4-2,20-25)21-26-22/h8-9,11-12,25H,3-7,10,13-21H2,1-2H3/b9-8-,12-11+/t23-/m0/s1. The van der Waals surface area contributed by atoms with Crippen LogP contribution in [0.25, 0.3) is 0 Å². The molecule has 0 amide bonds. The van der Waals surface area contributed by atoms with Crippen LogP contribution in [0.15, 0.2) is 29.3 Å².